The number of piperidine rings is 1. The number of likely N-dealkylation sites (tertiary alicyclic amines) is 1. The minimum absolute atomic E-state index is 0.188. The zero-order valence-corrected chi connectivity index (χ0v) is 20.5. The van der Waals surface area contributed by atoms with Crippen LogP contribution in [-0.4, -0.2) is 48.8 Å². The van der Waals surface area contributed by atoms with Crippen molar-refractivity contribution in [3.63, 3.8) is 0 Å². The van der Waals surface area contributed by atoms with Gasteiger partial charge < -0.3 is 9.80 Å². The molecule has 2 amide bonds. The highest BCUT2D eigenvalue weighted by atomic mass is 16.2. The molecule has 4 heteroatoms. The van der Waals surface area contributed by atoms with E-state index in [0.29, 0.717) is 19.0 Å². The first-order valence-corrected chi connectivity index (χ1v) is 12.6. The first-order valence-electron chi connectivity index (χ1n) is 12.6. The van der Waals surface area contributed by atoms with E-state index in [9.17, 15) is 9.59 Å². The van der Waals surface area contributed by atoms with Crippen molar-refractivity contribution in [3.05, 3.63) is 59.7 Å². The van der Waals surface area contributed by atoms with E-state index in [2.05, 4.69) is 55.5 Å². The molecule has 1 saturated heterocycles. The molecule has 1 aliphatic heterocycles. The number of carbonyl (C=O) groups excluding carboxylic acids is 2. The summed E-state index contributed by atoms with van der Waals surface area (Å²) in [6.45, 7) is 3.51. The Morgan fingerprint density at radius 3 is 2.33 bits per heavy atom. The minimum atomic E-state index is -0.447. The molecular formula is C29H38N2O2. The number of hydrogen-bond acceptors (Lipinski definition) is 2. The van der Waals surface area contributed by atoms with Crippen LogP contribution in [0.1, 0.15) is 56.1 Å². The molecule has 4 nitrogen and oxygen atoms in total. The molecule has 2 fully saturated rings. The number of nitrogens with zero attached hydrogens (tertiary/aromatic N) is 2. The smallest absolute Gasteiger partial charge is 0.228 e. The maximum absolute atomic E-state index is 13.4. The van der Waals surface area contributed by atoms with E-state index in [1.54, 1.807) is 4.90 Å². The van der Waals surface area contributed by atoms with Crippen molar-refractivity contribution < 1.29 is 9.59 Å². The monoisotopic (exact) mass is 446 g/mol. The predicted octanol–water partition coefficient (Wildman–Crippen LogP) is 5.48. The van der Waals surface area contributed by atoms with Crippen LogP contribution in [0.4, 0.5) is 0 Å². The highest BCUT2D eigenvalue weighted by molar-refractivity contribution is 5.84. The summed E-state index contributed by atoms with van der Waals surface area (Å²) < 4.78 is 0. The van der Waals surface area contributed by atoms with Crippen LogP contribution >= 0.6 is 0 Å². The van der Waals surface area contributed by atoms with Gasteiger partial charge in [0.25, 0.3) is 0 Å². The highest BCUT2D eigenvalue weighted by Gasteiger charge is 2.43. The van der Waals surface area contributed by atoms with E-state index >= 15 is 0 Å². The van der Waals surface area contributed by atoms with Crippen LogP contribution in [0.25, 0.3) is 11.1 Å². The summed E-state index contributed by atoms with van der Waals surface area (Å²) in [7, 11) is 3.71. The van der Waals surface area contributed by atoms with Gasteiger partial charge in [0.05, 0.1) is 5.41 Å². The van der Waals surface area contributed by atoms with E-state index in [-0.39, 0.29) is 11.8 Å². The third-order valence-corrected chi connectivity index (χ3v) is 7.77. The first-order chi connectivity index (χ1) is 15.9. The maximum Gasteiger partial charge on any atom is 0.228 e. The van der Waals surface area contributed by atoms with Gasteiger partial charge in [0, 0.05) is 33.1 Å². The van der Waals surface area contributed by atoms with E-state index in [1.165, 1.54) is 41.5 Å². The Hall–Kier alpha value is -2.62. The summed E-state index contributed by atoms with van der Waals surface area (Å²) in [4.78, 5) is 30.3. The van der Waals surface area contributed by atoms with Crippen LogP contribution in [0, 0.1) is 18.3 Å². The molecule has 0 spiro atoms. The van der Waals surface area contributed by atoms with Crippen LogP contribution < -0.4 is 0 Å². The number of benzene rings is 2. The third-order valence-electron chi connectivity index (χ3n) is 7.77. The van der Waals surface area contributed by atoms with Crippen molar-refractivity contribution in [2.45, 2.75) is 58.3 Å². The molecule has 2 aromatic rings. The normalized spacial score (nSPS) is 18.7. The average molecular weight is 447 g/mol. The second kappa shape index (κ2) is 10.1. The number of hydrogen-bond donors (Lipinski definition) is 0. The minimum Gasteiger partial charge on any atom is -0.348 e. The molecule has 0 atom stereocenters. The molecule has 2 aromatic carbocycles. The second-order valence-electron chi connectivity index (χ2n) is 10.3. The fourth-order valence-corrected chi connectivity index (χ4v) is 5.84. The fourth-order valence-electron chi connectivity index (χ4n) is 5.84. The lowest BCUT2D eigenvalue weighted by atomic mass is 9.72. The second-order valence-corrected chi connectivity index (χ2v) is 10.3. The van der Waals surface area contributed by atoms with E-state index in [4.69, 9.17) is 0 Å². The average Bonchev–Trinajstić information content (AvgIpc) is 2.84. The van der Waals surface area contributed by atoms with E-state index < -0.39 is 5.41 Å². The van der Waals surface area contributed by atoms with Crippen LogP contribution in [-0.2, 0) is 16.0 Å². The number of carbonyl (C=O) groups is 2. The van der Waals surface area contributed by atoms with Gasteiger partial charge in [-0.05, 0) is 61.3 Å². The number of amides is 2. The van der Waals surface area contributed by atoms with Crippen LogP contribution in [0.3, 0.4) is 0 Å². The number of rotatable bonds is 5. The van der Waals surface area contributed by atoms with Gasteiger partial charge in [-0.15, -0.1) is 0 Å². The molecule has 0 N–H and O–H groups in total. The lowest BCUT2D eigenvalue weighted by molar-refractivity contribution is -0.148. The van der Waals surface area contributed by atoms with Crippen LogP contribution in [0.5, 0.6) is 0 Å². The molecule has 2 aliphatic rings. The van der Waals surface area contributed by atoms with Gasteiger partial charge in [0.1, 0.15) is 0 Å². The summed E-state index contributed by atoms with van der Waals surface area (Å²) >= 11 is 0. The van der Waals surface area contributed by atoms with Crippen molar-refractivity contribution in [1.82, 2.24) is 9.80 Å². The maximum atomic E-state index is 13.4. The molecule has 0 bridgehead atoms. The Morgan fingerprint density at radius 2 is 1.67 bits per heavy atom. The van der Waals surface area contributed by atoms with Gasteiger partial charge in [-0.25, -0.2) is 0 Å². The Kier molecular flexibility index (Phi) is 7.21. The van der Waals surface area contributed by atoms with Gasteiger partial charge in [-0.1, -0.05) is 67.8 Å². The topological polar surface area (TPSA) is 40.6 Å². The zero-order valence-electron chi connectivity index (χ0n) is 20.5. The van der Waals surface area contributed by atoms with Gasteiger partial charge in [-0.3, -0.25) is 9.59 Å². The van der Waals surface area contributed by atoms with Crippen molar-refractivity contribution in [1.29, 1.82) is 0 Å². The lowest BCUT2D eigenvalue weighted by Gasteiger charge is -2.43. The SMILES string of the molecule is Cc1ccccc1-c1cccc(CC2(C(=O)N(C)C)CCN(C(=O)C3CCCCC3)CC2)c1. The fraction of sp³-hybridized carbons (Fsp3) is 0.517. The summed E-state index contributed by atoms with van der Waals surface area (Å²) in [6, 6.07) is 17.1. The van der Waals surface area contributed by atoms with E-state index in [0.717, 1.165) is 32.1 Å². The standard InChI is InChI=1S/C29H38N2O2/c1-22-10-7-8-15-26(22)25-14-9-11-23(20-25)21-29(28(33)30(2)3)16-18-31(19-17-29)27(32)24-12-5-4-6-13-24/h7-11,14-15,20,24H,4-6,12-13,16-19,21H2,1-3H3. The summed E-state index contributed by atoms with van der Waals surface area (Å²) in [5.74, 6) is 0.706. The van der Waals surface area contributed by atoms with Crippen LogP contribution in [0.2, 0.25) is 0 Å². The third kappa shape index (κ3) is 5.15. The first kappa shape index (κ1) is 23.5. The Labute approximate surface area is 199 Å². The molecular weight excluding hydrogens is 408 g/mol. The zero-order chi connectivity index (χ0) is 23.4. The van der Waals surface area contributed by atoms with Crippen molar-refractivity contribution in [3.8, 4) is 11.1 Å². The van der Waals surface area contributed by atoms with Gasteiger partial charge >= 0.3 is 0 Å². The summed E-state index contributed by atoms with van der Waals surface area (Å²) in [5, 5.41) is 0. The van der Waals surface area contributed by atoms with Crippen molar-refractivity contribution in [2.24, 2.45) is 11.3 Å². The Bertz CT molecular complexity index is 983. The van der Waals surface area contributed by atoms with E-state index in [1.807, 2.05) is 19.0 Å². The molecule has 1 saturated carbocycles. The van der Waals surface area contributed by atoms with Gasteiger partial charge in [-0.2, -0.15) is 0 Å². The summed E-state index contributed by atoms with van der Waals surface area (Å²) in [6.07, 6.45) is 7.84. The van der Waals surface area contributed by atoms with Crippen molar-refractivity contribution in [2.75, 3.05) is 27.2 Å². The molecule has 0 radical (unpaired) electrons. The Morgan fingerprint density at radius 1 is 0.970 bits per heavy atom. The predicted molar refractivity (Wildman–Crippen MR) is 134 cm³/mol. The van der Waals surface area contributed by atoms with Crippen molar-refractivity contribution >= 4 is 11.8 Å². The molecule has 33 heavy (non-hydrogen) atoms. The molecule has 1 aliphatic carbocycles. The molecule has 4 rings (SSSR count). The highest BCUT2D eigenvalue weighted by Crippen LogP contribution is 2.39. The van der Waals surface area contributed by atoms with Crippen LogP contribution in [0.15, 0.2) is 48.5 Å². The lowest BCUT2D eigenvalue weighted by Crippen LogP contribution is -2.52. The van der Waals surface area contributed by atoms with Gasteiger partial charge in [0.15, 0.2) is 0 Å². The number of aryl methyl sites for hydroxylation is 1. The molecule has 0 aromatic heterocycles. The van der Waals surface area contributed by atoms with Gasteiger partial charge in [0.2, 0.25) is 11.8 Å². The molecule has 0 unspecified atom stereocenters. The molecule has 1 heterocycles. The quantitative estimate of drug-likeness (QED) is 0.610. The molecule has 176 valence electrons. The summed E-state index contributed by atoms with van der Waals surface area (Å²) in [5.41, 5.74) is 4.43. The largest absolute Gasteiger partial charge is 0.348 e. The Balaban J connectivity index is 1.53.